The van der Waals surface area contributed by atoms with E-state index in [1.165, 1.54) is 4.88 Å². The fraction of sp³-hybridized carbons (Fsp3) is 0.471. The number of hydrogen-bond acceptors (Lipinski definition) is 6. The van der Waals surface area contributed by atoms with E-state index in [0.29, 0.717) is 44.3 Å². The smallest absolute Gasteiger partial charge is 0.317 e. The number of piperazine rings is 1. The van der Waals surface area contributed by atoms with E-state index in [1.807, 2.05) is 16.3 Å². The van der Waals surface area contributed by atoms with Crippen LogP contribution in [0.4, 0.5) is 10.6 Å². The van der Waals surface area contributed by atoms with E-state index in [2.05, 4.69) is 21.9 Å². The van der Waals surface area contributed by atoms with Gasteiger partial charge in [-0.3, -0.25) is 9.69 Å². The maximum atomic E-state index is 12.2. The van der Waals surface area contributed by atoms with E-state index < -0.39 is 0 Å². The van der Waals surface area contributed by atoms with Gasteiger partial charge in [0.05, 0.1) is 6.54 Å². The van der Waals surface area contributed by atoms with Crippen LogP contribution < -0.4 is 10.6 Å². The van der Waals surface area contributed by atoms with Crippen LogP contribution in [0.25, 0.3) is 0 Å². The highest BCUT2D eigenvalue weighted by Crippen LogP contribution is 2.09. The molecule has 0 radical (unpaired) electrons. The second-order valence-corrected chi connectivity index (χ2v) is 7.23. The molecule has 0 aliphatic carbocycles. The van der Waals surface area contributed by atoms with Gasteiger partial charge in [0.15, 0.2) is 5.82 Å². The number of carbonyl (C=O) groups excluding carboxylic acids is 2. The predicted octanol–water partition coefficient (Wildman–Crippen LogP) is 1.55. The normalized spacial score (nSPS) is 15.0. The number of nitrogens with one attached hydrogen (secondary N) is 2. The molecule has 0 aromatic carbocycles. The third kappa shape index (κ3) is 5.30. The van der Waals surface area contributed by atoms with Gasteiger partial charge in [-0.15, -0.1) is 11.3 Å². The molecule has 2 aromatic heterocycles. The Labute approximate surface area is 156 Å². The van der Waals surface area contributed by atoms with Crippen molar-refractivity contribution in [2.75, 3.05) is 44.6 Å². The van der Waals surface area contributed by atoms with Crippen molar-refractivity contribution in [1.82, 2.24) is 20.3 Å². The van der Waals surface area contributed by atoms with E-state index in [1.54, 1.807) is 29.2 Å². The Morgan fingerprint density at radius 2 is 2.12 bits per heavy atom. The number of aromatic nitrogens is 1. The van der Waals surface area contributed by atoms with E-state index in [9.17, 15) is 9.59 Å². The first-order valence-electron chi connectivity index (χ1n) is 8.61. The van der Waals surface area contributed by atoms with Crippen LogP contribution in [0.5, 0.6) is 0 Å². The number of urea groups is 1. The zero-order valence-electron chi connectivity index (χ0n) is 14.7. The van der Waals surface area contributed by atoms with Gasteiger partial charge in [-0.1, -0.05) is 11.2 Å². The van der Waals surface area contributed by atoms with Crippen LogP contribution in [0.15, 0.2) is 28.1 Å². The third-order valence-electron chi connectivity index (χ3n) is 4.15. The Kier molecular flexibility index (Phi) is 6.24. The molecule has 0 saturated carbocycles. The highest BCUT2D eigenvalue weighted by atomic mass is 32.1. The average molecular weight is 377 g/mol. The highest BCUT2D eigenvalue weighted by molar-refractivity contribution is 7.09. The zero-order chi connectivity index (χ0) is 18.4. The number of anilines is 1. The van der Waals surface area contributed by atoms with Crippen molar-refractivity contribution in [3.05, 3.63) is 34.2 Å². The van der Waals surface area contributed by atoms with Crippen molar-refractivity contribution < 1.29 is 14.1 Å². The summed E-state index contributed by atoms with van der Waals surface area (Å²) in [5, 5.41) is 11.4. The first kappa shape index (κ1) is 18.4. The fourth-order valence-electron chi connectivity index (χ4n) is 2.78. The molecule has 0 atom stereocenters. The standard InChI is InChI=1S/C17H23N5O3S/c1-13-11-15(20-25-13)19-16(23)12-21-6-8-22(9-7-21)17(24)18-5-4-14-3-2-10-26-14/h2-3,10-11H,4-9,12H2,1H3,(H,18,24)(H,19,20,23). The average Bonchev–Trinajstić information content (AvgIpc) is 3.27. The summed E-state index contributed by atoms with van der Waals surface area (Å²) in [6.07, 6.45) is 0.852. The SMILES string of the molecule is Cc1cc(NC(=O)CN2CCN(C(=O)NCCc3cccs3)CC2)no1. The Morgan fingerprint density at radius 3 is 2.77 bits per heavy atom. The van der Waals surface area contributed by atoms with E-state index in [-0.39, 0.29) is 18.5 Å². The van der Waals surface area contributed by atoms with Crippen molar-refractivity contribution in [3.63, 3.8) is 0 Å². The number of amides is 3. The summed E-state index contributed by atoms with van der Waals surface area (Å²) in [6.45, 7) is 5.25. The van der Waals surface area contributed by atoms with Gasteiger partial charge in [-0.05, 0) is 24.8 Å². The van der Waals surface area contributed by atoms with Gasteiger partial charge in [-0.25, -0.2) is 4.79 Å². The summed E-state index contributed by atoms with van der Waals surface area (Å²) in [5.74, 6) is 0.947. The summed E-state index contributed by atoms with van der Waals surface area (Å²) in [4.78, 5) is 29.3. The molecule has 1 aliphatic rings. The van der Waals surface area contributed by atoms with Crippen LogP contribution in [-0.2, 0) is 11.2 Å². The third-order valence-corrected chi connectivity index (χ3v) is 5.09. The monoisotopic (exact) mass is 377 g/mol. The second kappa shape index (κ2) is 8.81. The Hall–Kier alpha value is -2.39. The topological polar surface area (TPSA) is 90.7 Å². The lowest BCUT2D eigenvalue weighted by Gasteiger charge is -2.34. The molecular weight excluding hydrogens is 354 g/mol. The first-order chi connectivity index (χ1) is 12.6. The molecule has 3 rings (SSSR count). The summed E-state index contributed by atoms with van der Waals surface area (Å²) in [5.41, 5.74) is 0. The van der Waals surface area contributed by atoms with Crippen molar-refractivity contribution >= 4 is 29.1 Å². The molecule has 1 aliphatic heterocycles. The number of carbonyl (C=O) groups is 2. The minimum absolute atomic E-state index is 0.0382. The molecule has 2 aromatic rings. The first-order valence-corrected chi connectivity index (χ1v) is 9.49. The molecule has 1 saturated heterocycles. The molecule has 0 bridgehead atoms. The molecule has 26 heavy (non-hydrogen) atoms. The van der Waals surface area contributed by atoms with Crippen LogP contribution in [0.3, 0.4) is 0 Å². The minimum atomic E-state index is -0.132. The van der Waals surface area contributed by atoms with Gasteiger partial charge >= 0.3 is 6.03 Å². The molecule has 0 unspecified atom stereocenters. The van der Waals surface area contributed by atoms with Gasteiger partial charge in [0.2, 0.25) is 5.91 Å². The Morgan fingerprint density at radius 1 is 1.31 bits per heavy atom. The van der Waals surface area contributed by atoms with Crippen molar-refractivity contribution in [3.8, 4) is 0 Å². The molecule has 1 fully saturated rings. The van der Waals surface area contributed by atoms with Crippen LogP contribution in [0.2, 0.25) is 0 Å². The molecular formula is C17H23N5O3S. The van der Waals surface area contributed by atoms with Gasteiger partial charge in [0.1, 0.15) is 5.76 Å². The lowest BCUT2D eigenvalue weighted by atomic mass is 10.3. The number of hydrogen-bond donors (Lipinski definition) is 2. The van der Waals surface area contributed by atoms with Gasteiger partial charge in [0, 0.05) is 43.7 Å². The van der Waals surface area contributed by atoms with Crippen molar-refractivity contribution in [1.29, 1.82) is 0 Å². The summed E-state index contributed by atoms with van der Waals surface area (Å²) in [6, 6.07) is 5.72. The predicted molar refractivity (Wildman–Crippen MR) is 99.3 cm³/mol. The molecule has 8 nitrogen and oxygen atoms in total. The van der Waals surface area contributed by atoms with E-state index in [4.69, 9.17) is 4.52 Å². The van der Waals surface area contributed by atoms with Crippen LogP contribution in [-0.4, -0.2) is 66.2 Å². The Balaban J connectivity index is 1.34. The maximum absolute atomic E-state index is 12.2. The van der Waals surface area contributed by atoms with Crippen LogP contribution in [0, 0.1) is 6.92 Å². The molecule has 3 heterocycles. The molecule has 9 heteroatoms. The van der Waals surface area contributed by atoms with E-state index in [0.717, 1.165) is 6.42 Å². The number of nitrogens with zero attached hydrogens (tertiary/aromatic N) is 3. The molecule has 2 N–H and O–H groups in total. The molecule has 140 valence electrons. The van der Waals surface area contributed by atoms with Gasteiger partial charge in [0.25, 0.3) is 0 Å². The molecule has 3 amide bonds. The van der Waals surface area contributed by atoms with E-state index >= 15 is 0 Å². The van der Waals surface area contributed by atoms with Crippen molar-refractivity contribution in [2.24, 2.45) is 0 Å². The van der Waals surface area contributed by atoms with Crippen molar-refractivity contribution in [2.45, 2.75) is 13.3 Å². The lowest BCUT2D eigenvalue weighted by Crippen LogP contribution is -2.53. The van der Waals surface area contributed by atoms with Gasteiger partial charge < -0.3 is 20.1 Å². The lowest BCUT2D eigenvalue weighted by molar-refractivity contribution is -0.117. The Bertz CT molecular complexity index is 723. The maximum Gasteiger partial charge on any atom is 0.317 e. The molecule has 0 spiro atoms. The number of aryl methyl sites for hydroxylation is 1. The highest BCUT2D eigenvalue weighted by Gasteiger charge is 2.22. The van der Waals surface area contributed by atoms with Gasteiger partial charge in [-0.2, -0.15) is 0 Å². The zero-order valence-corrected chi connectivity index (χ0v) is 15.6. The summed E-state index contributed by atoms with van der Waals surface area (Å²) < 4.78 is 4.92. The minimum Gasteiger partial charge on any atom is -0.360 e. The van der Waals surface area contributed by atoms with Crippen LogP contribution in [0.1, 0.15) is 10.6 Å². The number of rotatable bonds is 6. The number of thiophene rings is 1. The second-order valence-electron chi connectivity index (χ2n) is 6.20. The van der Waals surface area contributed by atoms with Crippen LogP contribution >= 0.6 is 11.3 Å². The fourth-order valence-corrected chi connectivity index (χ4v) is 3.49. The largest absolute Gasteiger partial charge is 0.360 e. The summed E-state index contributed by atoms with van der Waals surface area (Å²) in [7, 11) is 0. The summed E-state index contributed by atoms with van der Waals surface area (Å²) >= 11 is 1.70. The quantitative estimate of drug-likeness (QED) is 0.797.